The molecule has 0 aromatic rings. The van der Waals surface area contributed by atoms with Crippen LogP contribution in [0.15, 0.2) is 0 Å². The summed E-state index contributed by atoms with van der Waals surface area (Å²) in [7, 11) is 0. The first-order valence-electron chi connectivity index (χ1n) is 5.77. The lowest BCUT2D eigenvalue weighted by molar-refractivity contribution is 0.253. The normalized spacial score (nSPS) is 14.4. The van der Waals surface area contributed by atoms with Gasteiger partial charge in [-0.1, -0.05) is 34.6 Å². The molecule has 0 fully saturated rings. The number of thioether (sulfide) groups is 1. The summed E-state index contributed by atoms with van der Waals surface area (Å²) in [6.45, 7) is 13.8. The Kier molecular flexibility index (Phi) is 7.75. The summed E-state index contributed by atoms with van der Waals surface area (Å²) in [4.78, 5) is 0. The van der Waals surface area contributed by atoms with Crippen LogP contribution in [0, 0.1) is 11.3 Å². The van der Waals surface area contributed by atoms with E-state index in [2.05, 4.69) is 39.9 Å². The van der Waals surface area contributed by atoms with Crippen LogP contribution >= 0.6 is 11.8 Å². The van der Waals surface area contributed by atoms with E-state index >= 15 is 0 Å². The molecule has 0 heterocycles. The summed E-state index contributed by atoms with van der Waals surface area (Å²) in [6, 6.07) is 0. The lowest BCUT2D eigenvalue weighted by Gasteiger charge is -2.27. The van der Waals surface area contributed by atoms with Crippen molar-refractivity contribution in [3.8, 4) is 0 Å². The van der Waals surface area contributed by atoms with Crippen LogP contribution in [-0.4, -0.2) is 24.6 Å². The van der Waals surface area contributed by atoms with Gasteiger partial charge in [-0.25, -0.2) is 0 Å². The first-order chi connectivity index (χ1) is 6.48. The predicted molar refractivity (Wildman–Crippen MR) is 69.1 cm³/mol. The second kappa shape index (κ2) is 7.58. The molecule has 0 rings (SSSR count). The molecule has 0 spiro atoms. The van der Waals surface area contributed by atoms with Crippen molar-refractivity contribution in [3.05, 3.63) is 0 Å². The van der Waals surface area contributed by atoms with Crippen LogP contribution in [-0.2, 0) is 0 Å². The summed E-state index contributed by atoms with van der Waals surface area (Å²) in [5.74, 6) is 3.30. The summed E-state index contributed by atoms with van der Waals surface area (Å²) >= 11 is 2.03. The molecular weight excluding hydrogens is 190 g/mol. The lowest BCUT2D eigenvalue weighted by atomic mass is 9.82. The Balaban J connectivity index is 3.28. The van der Waals surface area contributed by atoms with Crippen molar-refractivity contribution in [2.24, 2.45) is 11.3 Å². The molecule has 1 N–H and O–H groups in total. The molecule has 0 aliphatic carbocycles. The topological polar surface area (TPSA) is 12.0 Å². The molecule has 0 aliphatic rings. The second-order valence-corrected chi connectivity index (χ2v) is 6.42. The molecule has 1 atom stereocenters. The van der Waals surface area contributed by atoms with Crippen LogP contribution < -0.4 is 5.32 Å². The van der Waals surface area contributed by atoms with Crippen LogP contribution in [0.4, 0.5) is 0 Å². The second-order valence-electron chi connectivity index (χ2n) is 5.02. The zero-order valence-corrected chi connectivity index (χ0v) is 11.3. The van der Waals surface area contributed by atoms with E-state index in [1.54, 1.807) is 0 Å². The molecular formula is C12H27NS. The quantitative estimate of drug-likeness (QED) is 0.656. The number of hydrogen-bond donors (Lipinski definition) is 1. The molecule has 0 aromatic carbocycles. The van der Waals surface area contributed by atoms with Crippen molar-refractivity contribution in [3.63, 3.8) is 0 Å². The van der Waals surface area contributed by atoms with E-state index in [-0.39, 0.29) is 0 Å². The number of hydrogen-bond acceptors (Lipinski definition) is 2. The van der Waals surface area contributed by atoms with E-state index in [0.29, 0.717) is 5.41 Å². The third kappa shape index (κ3) is 7.69. The van der Waals surface area contributed by atoms with Crippen molar-refractivity contribution in [2.75, 3.05) is 24.6 Å². The number of nitrogens with one attached hydrogen (secondary N) is 1. The van der Waals surface area contributed by atoms with Gasteiger partial charge in [0.1, 0.15) is 0 Å². The highest BCUT2D eigenvalue weighted by Gasteiger charge is 2.18. The monoisotopic (exact) mass is 217 g/mol. The van der Waals surface area contributed by atoms with Gasteiger partial charge < -0.3 is 5.32 Å². The Morgan fingerprint density at radius 2 is 1.93 bits per heavy atom. The van der Waals surface area contributed by atoms with Crippen LogP contribution in [0.5, 0.6) is 0 Å². The van der Waals surface area contributed by atoms with E-state index in [9.17, 15) is 0 Å². The van der Waals surface area contributed by atoms with Gasteiger partial charge in [0.05, 0.1) is 0 Å². The van der Waals surface area contributed by atoms with Crippen LogP contribution in [0.1, 0.15) is 41.0 Å². The minimum Gasteiger partial charge on any atom is -0.316 e. The van der Waals surface area contributed by atoms with Crippen LogP contribution in [0.25, 0.3) is 0 Å². The molecule has 14 heavy (non-hydrogen) atoms. The van der Waals surface area contributed by atoms with Gasteiger partial charge in [-0.05, 0) is 42.3 Å². The highest BCUT2D eigenvalue weighted by molar-refractivity contribution is 7.99. The van der Waals surface area contributed by atoms with Gasteiger partial charge in [-0.15, -0.1) is 0 Å². The molecule has 0 saturated heterocycles. The minimum absolute atomic E-state index is 0.436. The van der Waals surface area contributed by atoms with Gasteiger partial charge in [0.25, 0.3) is 0 Å². The molecule has 0 saturated carbocycles. The Bertz CT molecular complexity index is 129. The van der Waals surface area contributed by atoms with Crippen molar-refractivity contribution >= 4 is 11.8 Å². The maximum absolute atomic E-state index is 3.54. The zero-order valence-electron chi connectivity index (χ0n) is 10.5. The van der Waals surface area contributed by atoms with Crippen molar-refractivity contribution < 1.29 is 0 Å². The Labute approximate surface area is 94.4 Å². The molecule has 0 aliphatic heterocycles. The Morgan fingerprint density at radius 3 is 2.43 bits per heavy atom. The SMILES string of the molecule is CCSCCCNCC(C)C(C)(C)C. The summed E-state index contributed by atoms with van der Waals surface area (Å²) in [5.41, 5.74) is 0.436. The van der Waals surface area contributed by atoms with Crippen molar-refractivity contribution in [2.45, 2.75) is 41.0 Å². The molecule has 86 valence electrons. The molecule has 0 amide bonds. The van der Waals surface area contributed by atoms with Crippen LogP contribution in [0.2, 0.25) is 0 Å². The van der Waals surface area contributed by atoms with Gasteiger partial charge in [0.2, 0.25) is 0 Å². The third-order valence-corrected chi connectivity index (χ3v) is 3.76. The van der Waals surface area contributed by atoms with Gasteiger partial charge in [0.15, 0.2) is 0 Å². The van der Waals surface area contributed by atoms with Gasteiger partial charge in [0, 0.05) is 0 Å². The van der Waals surface area contributed by atoms with E-state index in [0.717, 1.165) is 12.5 Å². The molecule has 1 unspecified atom stereocenters. The fourth-order valence-electron chi connectivity index (χ4n) is 1.07. The first kappa shape index (κ1) is 14.3. The highest BCUT2D eigenvalue weighted by atomic mass is 32.2. The third-order valence-electron chi connectivity index (χ3n) is 2.78. The zero-order chi connectivity index (χ0) is 11.0. The largest absolute Gasteiger partial charge is 0.316 e. The Hall–Kier alpha value is 0.310. The summed E-state index contributed by atoms with van der Waals surface area (Å²) in [6.07, 6.45) is 1.30. The summed E-state index contributed by atoms with van der Waals surface area (Å²) in [5, 5.41) is 3.54. The lowest BCUT2D eigenvalue weighted by Crippen LogP contribution is -2.30. The van der Waals surface area contributed by atoms with Crippen LogP contribution in [0.3, 0.4) is 0 Å². The van der Waals surface area contributed by atoms with E-state index in [1.165, 1.54) is 24.5 Å². The first-order valence-corrected chi connectivity index (χ1v) is 6.92. The average molecular weight is 217 g/mol. The maximum Gasteiger partial charge on any atom is -0.00182 e. The van der Waals surface area contributed by atoms with E-state index in [4.69, 9.17) is 0 Å². The average Bonchev–Trinajstić information content (AvgIpc) is 2.09. The van der Waals surface area contributed by atoms with E-state index in [1.807, 2.05) is 11.8 Å². The smallest absolute Gasteiger partial charge is 0.00182 e. The Morgan fingerprint density at radius 1 is 1.29 bits per heavy atom. The highest BCUT2D eigenvalue weighted by Crippen LogP contribution is 2.24. The minimum atomic E-state index is 0.436. The van der Waals surface area contributed by atoms with Gasteiger partial charge in [-0.2, -0.15) is 11.8 Å². The molecule has 1 nitrogen and oxygen atoms in total. The molecule has 2 heteroatoms. The van der Waals surface area contributed by atoms with Gasteiger partial charge in [-0.3, -0.25) is 0 Å². The number of rotatable bonds is 7. The summed E-state index contributed by atoms with van der Waals surface area (Å²) < 4.78 is 0. The van der Waals surface area contributed by atoms with Crippen molar-refractivity contribution in [1.82, 2.24) is 5.32 Å². The van der Waals surface area contributed by atoms with Gasteiger partial charge >= 0.3 is 0 Å². The molecule has 0 aromatic heterocycles. The fraction of sp³-hybridized carbons (Fsp3) is 1.00. The fourth-order valence-corrected chi connectivity index (χ4v) is 1.71. The standard InChI is InChI=1S/C12H27NS/c1-6-14-9-7-8-13-10-11(2)12(3,4)5/h11,13H,6-10H2,1-5H3. The molecule has 0 radical (unpaired) electrons. The molecule has 0 bridgehead atoms. The predicted octanol–water partition coefficient (Wildman–Crippen LogP) is 3.40. The van der Waals surface area contributed by atoms with Crippen molar-refractivity contribution in [1.29, 1.82) is 0 Å². The maximum atomic E-state index is 3.54. The van der Waals surface area contributed by atoms with E-state index < -0.39 is 0 Å².